The molecule has 2 heterocycles. The number of anilines is 2. The highest BCUT2D eigenvalue weighted by molar-refractivity contribution is 8.01. The molecule has 106 valence electrons. The van der Waals surface area contributed by atoms with Gasteiger partial charge in [-0.05, 0) is 6.07 Å². The SMILES string of the molecule is CNc1nnc(SCC(=O)Nc2ncc(Cl)cc2Cl)s1. The molecule has 6 nitrogen and oxygen atoms in total. The van der Waals surface area contributed by atoms with Crippen molar-refractivity contribution >= 4 is 63.2 Å². The Morgan fingerprint density at radius 2 is 2.25 bits per heavy atom. The molecule has 0 aliphatic rings. The van der Waals surface area contributed by atoms with Crippen molar-refractivity contribution in [2.75, 3.05) is 23.4 Å². The fourth-order valence-corrected chi connectivity index (χ4v) is 3.10. The van der Waals surface area contributed by atoms with Crippen molar-refractivity contribution in [1.82, 2.24) is 15.2 Å². The normalized spacial score (nSPS) is 10.3. The van der Waals surface area contributed by atoms with E-state index in [4.69, 9.17) is 23.2 Å². The Morgan fingerprint density at radius 3 is 2.90 bits per heavy atom. The number of thioether (sulfide) groups is 1. The summed E-state index contributed by atoms with van der Waals surface area (Å²) >= 11 is 14.3. The van der Waals surface area contributed by atoms with E-state index in [1.54, 1.807) is 7.05 Å². The van der Waals surface area contributed by atoms with Gasteiger partial charge in [-0.1, -0.05) is 46.3 Å². The molecular weight excluding hydrogens is 341 g/mol. The Hall–Kier alpha value is -1.09. The Balaban J connectivity index is 1.89. The first-order chi connectivity index (χ1) is 9.58. The minimum absolute atomic E-state index is 0.193. The second kappa shape index (κ2) is 7.07. The van der Waals surface area contributed by atoms with Gasteiger partial charge in [-0.3, -0.25) is 4.79 Å². The Bertz CT molecular complexity index is 621. The average molecular weight is 350 g/mol. The van der Waals surface area contributed by atoms with Crippen LogP contribution in [0.1, 0.15) is 0 Å². The smallest absolute Gasteiger partial charge is 0.236 e. The van der Waals surface area contributed by atoms with Gasteiger partial charge in [0.15, 0.2) is 10.2 Å². The fourth-order valence-electron chi connectivity index (χ4n) is 1.17. The first-order valence-corrected chi connectivity index (χ1v) is 7.89. The molecule has 0 aromatic carbocycles. The van der Waals surface area contributed by atoms with Crippen LogP contribution in [0.3, 0.4) is 0 Å². The molecule has 2 N–H and O–H groups in total. The van der Waals surface area contributed by atoms with Gasteiger partial charge in [-0.25, -0.2) is 4.98 Å². The zero-order chi connectivity index (χ0) is 14.5. The Kier molecular flexibility index (Phi) is 5.41. The molecule has 0 unspecified atom stereocenters. The zero-order valence-electron chi connectivity index (χ0n) is 10.2. The lowest BCUT2D eigenvalue weighted by molar-refractivity contribution is -0.113. The van der Waals surface area contributed by atoms with E-state index in [1.165, 1.54) is 35.4 Å². The summed E-state index contributed by atoms with van der Waals surface area (Å²) in [5.41, 5.74) is 0. The van der Waals surface area contributed by atoms with E-state index in [0.717, 1.165) is 0 Å². The summed E-state index contributed by atoms with van der Waals surface area (Å²) in [7, 11) is 1.76. The highest BCUT2D eigenvalue weighted by Gasteiger charge is 2.10. The molecule has 0 aliphatic heterocycles. The molecule has 0 radical (unpaired) electrons. The van der Waals surface area contributed by atoms with Crippen LogP contribution in [0.25, 0.3) is 0 Å². The van der Waals surface area contributed by atoms with Crippen LogP contribution in [-0.4, -0.2) is 33.9 Å². The molecule has 0 aliphatic carbocycles. The molecule has 20 heavy (non-hydrogen) atoms. The first kappa shape index (κ1) is 15.3. The number of rotatable bonds is 5. The van der Waals surface area contributed by atoms with E-state index >= 15 is 0 Å². The summed E-state index contributed by atoms with van der Waals surface area (Å²) in [6.07, 6.45) is 1.42. The van der Waals surface area contributed by atoms with E-state index in [1.807, 2.05) is 0 Å². The van der Waals surface area contributed by atoms with Gasteiger partial charge in [0.05, 0.1) is 15.8 Å². The summed E-state index contributed by atoms with van der Waals surface area (Å²) in [4.78, 5) is 15.7. The molecule has 10 heteroatoms. The number of aromatic nitrogens is 3. The maximum atomic E-state index is 11.8. The van der Waals surface area contributed by atoms with Crippen LogP contribution in [0.15, 0.2) is 16.6 Å². The van der Waals surface area contributed by atoms with Gasteiger partial charge < -0.3 is 10.6 Å². The quantitative estimate of drug-likeness (QED) is 0.807. The van der Waals surface area contributed by atoms with Gasteiger partial charge in [0.2, 0.25) is 11.0 Å². The van der Waals surface area contributed by atoms with Gasteiger partial charge >= 0.3 is 0 Å². The summed E-state index contributed by atoms with van der Waals surface area (Å²) in [5, 5.41) is 14.7. The number of hydrogen-bond acceptors (Lipinski definition) is 7. The third kappa shape index (κ3) is 4.20. The molecule has 0 saturated heterocycles. The van der Waals surface area contributed by atoms with E-state index in [2.05, 4.69) is 25.8 Å². The van der Waals surface area contributed by atoms with Crippen molar-refractivity contribution in [3.63, 3.8) is 0 Å². The topological polar surface area (TPSA) is 79.8 Å². The zero-order valence-corrected chi connectivity index (χ0v) is 13.3. The molecule has 1 amide bonds. The summed E-state index contributed by atoms with van der Waals surface area (Å²) < 4.78 is 0.708. The number of pyridine rings is 1. The number of hydrogen-bond donors (Lipinski definition) is 2. The van der Waals surface area contributed by atoms with E-state index in [-0.39, 0.29) is 17.5 Å². The minimum Gasteiger partial charge on any atom is -0.363 e. The molecule has 0 atom stereocenters. The van der Waals surface area contributed by atoms with Gasteiger partial charge in [0.1, 0.15) is 0 Å². The maximum Gasteiger partial charge on any atom is 0.236 e. The summed E-state index contributed by atoms with van der Waals surface area (Å²) in [5.74, 6) is 0.252. The standard InChI is InChI=1S/C10H9Cl2N5OS2/c1-13-9-16-17-10(20-9)19-4-7(18)15-8-6(12)2-5(11)3-14-8/h2-3H,4H2,1H3,(H,13,16)(H,14,15,18). The second-order valence-electron chi connectivity index (χ2n) is 3.44. The molecule has 0 fully saturated rings. The lowest BCUT2D eigenvalue weighted by Gasteiger charge is -2.05. The van der Waals surface area contributed by atoms with E-state index in [0.29, 0.717) is 19.5 Å². The predicted molar refractivity (Wildman–Crippen MR) is 83.1 cm³/mol. The van der Waals surface area contributed by atoms with E-state index in [9.17, 15) is 4.79 Å². The number of nitrogens with one attached hydrogen (secondary N) is 2. The summed E-state index contributed by atoms with van der Waals surface area (Å²) in [6.45, 7) is 0. The number of nitrogens with zero attached hydrogens (tertiary/aromatic N) is 3. The average Bonchev–Trinajstić information content (AvgIpc) is 2.88. The second-order valence-corrected chi connectivity index (χ2v) is 6.49. The van der Waals surface area contributed by atoms with Crippen LogP contribution >= 0.6 is 46.3 Å². The van der Waals surface area contributed by atoms with Crippen LogP contribution in [0.4, 0.5) is 10.9 Å². The largest absolute Gasteiger partial charge is 0.363 e. The van der Waals surface area contributed by atoms with Crippen LogP contribution in [-0.2, 0) is 4.79 Å². The number of carbonyl (C=O) groups is 1. The number of halogens is 2. The van der Waals surface area contributed by atoms with Crippen molar-refractivity contribution in [3.8, 4) is 0 Å². The Labute approximate surface area is 133 Å². The van der Waals surface area contributed by atoms with Crippen molar-refractivity contribution < 1.29 is 4.79 Å². The van der Waals surface area contributed by atoms with Gasteiger partial charge in [-0.15, -0.1) is 10.2 Å². The maximum absolute atomic E-state index is 11.8. The molecule has 0 bridgehead atoms. The van der Waals surface area contributed by atoms with Gasteiger partial charge in [-0.2, -0.15) is 0 Å². The van der Waals surface area contributed by atoms with Crippen LogP contribution in [0, 0.1) is 0 Å². The number of amides is 1. The molecule has 0 saturated carbocycles. The highest BCUT2D eigenvalue weighted by Crippen LogP contribution is 2.26. The summed E-state index contributed by atoms with van der Waals surface area (Å²) in [6, 6.07) is 1.52. The van der Waals surface area contributed by atoms with Gasteiger partial charge in [0.25, 0.3) is 0 Å². The molecule has 0 spiro atoms. The van der Waals surface area contributed by atoms with Crippen LogP contribution < -0.4 is 10.6 Å². The van der Waals surface area contributed by atoms with Crippen molar-refractivity contribution in [1.29, 1.82) is 0 Å². The predicted octanol–water partition coefficient (Wildman–Crippen LogP) is 3.01. The van der Waals surface area contributed by atoms with Crippen molar-refractivity contribution in [2.24, 2.45) is 0 Å². The third-order valence-corrected chi connectivity index (χ3v) is 4.58. The molecular formula is C10H9Cl2N5OS2. The third-order valence-electron chi connectivity index (χ3n) is 2.01. The number of carbonyl (C=O) groups excluding carboxylic acids is 1. The van der Waals surface area contributed by atoms with E-state index < -0.39 is 0 Å². The minimum atomic E-state index is -0.229. The Morgan fingerprint density at radius 1 is 1.45 bits per heavy atom. The molecule has 2 rings (SSSR count). The van der Waals surface area contributed by atoms with Crippen molar-refractivity contribution in [2.45, 2.75) is 4.34 Å². The lowest BCUT2D eigenvalue weighted by atomic mass is 10.4. The van der Waals surface area contributed by atoms with Gasteiger partial charge in [0, 0.05) is 13.2 Å². The van der Waals surface area contributed by atoms with Crippen molar-refractivity contribution in [3.05, 3.63) is 22.3 Å². The highest BCUT2D eigenvalue weighted by atomic mass is 35.5. The molecule has 2 aromatic rings. The molecule has 2 aromatic heterocycles. The monoisotopic (exact) mass is 349 g/mol. The fraction of sp³-hybridized carbons (Fsp3) is 0.200. The first-order valence-electron chi connectivity index (χ1n) is 5.33. The van der Waals surface area contributed by atoms with Crippen LogP contribution in [0.5, 0.6) is 0 Å². The lowest BCUT2D eigenvalue weighted by Crippen LogP contribution is -2.15. The van der Waals surface area contributed by atoms with Crippen LogP contribution in [0.2, 0.25) is 10.0 Å².